The van der Waals surface area contributed by atoms with Gasteiger partial charge in [-0.1, -0.05) is 23.7 Å². The van der Waals surface area contributed by atoms with Crippen molar-refractivity contribution >= 4 is 11.6 Å². The summed E-state index contributed by atoms with van der Waals surface area (Å²) >= 11 is 6.07. The van der Waals surface area contributed by atoms with E-state index >= 15 is 0 Å². The van der Waals surface area contributed by atoms with Gasteiger partial charge in [-0.15, -0.1) is 0 Å². The second-order valence-corrected chi connectivity index (χ2v) is 8.41. The molecule has 8 heteroatoms. The molecule has 2 aliphatic heterocycles. The first-order chi connectivity index (χ1) is 14.2. The minimum absolute atomic E-state index is 0.199. The molecule has 1 spiro atoms. The lowest BCUT2D eigenvalue weighted by atomic mass is 9.87. The van der Waals surface area contributed by atoms with E-state index in [4.69, 9.17) is 21.1 Å². The molecule has 4 rings (SSSR count). The molecule has 0 bridgehead atoms. The Morgan fingerprint density at radius 2 is 1.90 bits per heavy atom. The lowest BCUT2D eigenvalue weighted by Crippen LogP contribution is -2.49. The van der Waals surface area contributed by atoms with Gasteiger partial charge < -0.3 is 19.5 Å². The monoisotopic (exact) mass is 441 g/mol. The minimum Gasteiger partial charge on any atom is -0.490 e. The van der Waals surface area contributed by atoms with Gasteiger partial charge in [0.05, 0.1) is 5.56 Å². The predicted octanol–water partition coefficient (Wildman–Crippen LogP) is 4.57. The van der Waals surface area contributed by atoms with Crippen LogP contribution in [0.4, 0.5) is 13.2 Å². The smallest absolute Gasteiger partial charge is 0.419 e. The Kier molecular flexibility index (Phi) is 5.88. The highest BCUT2D eigenvalue weighted by atomic mass is 35.5. The number of alkyl halides is 3. The molecular weight excluding hydrogens is 419 g/mol. The zero-order chi connectivity index (χ0) is 21.4. The van der Waals surface area contributed by atoms with Crippen LogP contribution in [-0.2, 0) is 12.6 Å². The fraction of sp³-hybridized carbons (Fsp3) is 0.455. The van der Waals surface area contributed by atoms with Crippen molar-refractivity contribution in [3.8, 4) is 11.5 Å². The number of halogens is 4. The fourth-order valence-electron chi connectivity index (χ4n) is 4.19. The molecule has 1 N–H and O–H groups in total. The first kappa shape index (κ1) is 21.3. The van der Waals surface area contributed by atoms with E-state index in [1.165, 1.54) is 18.2 Å². The Bertz CT molecular complexity index is 897. The number of fused-ring (bicyclic) bond motifs is 1. The summed E-state index contributed by atoms with van der Waals surface area (Å²) in [6.45, 7) is 1.61. The van der Waals surface area contributed by atoms with Gasteiger partial charge in [0.1, 0.15) is 29.8 Å². The van der Waals surface area contributed by atoms with Crippen molar-refractivity contribution in [3.05, 3.63) is 58.6 Å². The Labute approximate surface area is 178 Å². The van der Waals surface area contributed by atoms with Crippen LogP contribution in [0.25, 0.3) is 0 Å². The van der Waals surface area contributed by atoms with Crippen LogP contribution in [0.1, 0.15) is 24.0 Å². The molecule has 2 aromatic carbocycles. The number of hydrogen-bond acceptors (Lipinski definition) is 4. The van der Waals surface area contributed by atoms with Gasteiger partial charge in [-0.25, -0.2) is 0 Å². The predicted molar refractivity (Wildman–Crippen MR) is 107 cm³/mol. The van der Waals surface area contributed by atoms with Crippen LogP contribution >= 0.6 is 11.6 Å². The number of ether oxygens (including phenoxy) is 2. The van der Waals surface area contributed by atoms with Crippen LogP contribution in [0.3, 0.4) is 0 Å². The van der Waals surface area contributed by atoms with Gasteiger partial charge in [0.15, 0.2) is 0 Å². The average Bonchev–Trinajstić information content (AvgIpc) is 3.05. The summed E-state index contributed by atoms with van der Waals surface area (Å²) in [5, 5.41) is 11.0. The number of rotatable bonds is 5. The summed E-state index contributed by atoms with van der Waals surface area (Å²) in [5.74, 6) is 0.613. The first-order valence-corrected chi connectivity index (χ1v) is 10.3. The van der Waals surface area contributed by atoms with Crippen LogP contribution < -0.4 is 9.47 Å². The van der Waals surface area contributed by atoms with E-state index in [0.29, 0.717) is 11.6 Å². The second-order valence-electron chi connectivity index (χ2n) is 7.97. The van der Waals surface area contributed by atoms with Crippen molar-refractivity contribution in [1.29, 1.82) is 0 Å². The van der Waals surface area contributed by atoms with Crippen molar-refractivity contribution in [2.75, 3.05) is 26.2 Å². The number of nitrogens with zero attached hydrogens (tertiary/aromatic N) is 1. The van der Waals surface area contributed by atoms with Crippen molar-refractivity contribution in [1.82, 2.24) is 4.90 Å². The van der Waals surface area contributed by atoms with E-state index in [-0.39, 0.29) is 18.0 Å². The molecule has 1 atom stereocenters. The number of aliphatic hydroxyl groups is 1. The topological polar surface area (TPSA) is 41.9 Å². The lowest BCUT2D eigenvalue weighted by Gasteiger charge is -2.39. The maximum absolute atomic E-state index is 13.0. The van der Waals surface area contributed by atoms with Gasteiger partial charge in [-0.3, -0.25) is 0 Å². The number of aliphatic hydroxyl groups excluding tert-OH is 1. The minimum atomic E-state index is -4.49. The number of benzene rings is 2. The van der Waals surface area contributed by atoms with Gasteiger partial charge in [0.25, 0.3) is 0 Å². The highest BCUT2D eigenvalue weighted by Crippen LogP contribution is 2.42. The van der Waals surface area contributed by atoms with Gasteiger partial charge in [-0.05, 0) is 35.9 Å². The van der Waals surface area contributed by atoms with Crippen LogP contribution in [0.5, 0.6) is 11.5 Å². The molecule has 2 aromatic rings. The van der Waals surface area contributed by atoms with Crippen LogP contribution in [-0.4, -0.2) is 48.0 Å². The second kappa shape index (κ2) is 8.29. The third-order valence-corrected chi connectivity index (χ3v) is 5.96. The normalized spacial score (nSPS) is 19.4. The third kappa shape index (κ3) is 4.68. The number of hydrogen-bond donors (Lipinski definition) is 1. The molecule has 0 amide bonds. The highest BCUT2D eigenvalue weighted by Gasteiger charge is 2.42. The zero-order valence-corrected chi connectivity index (χ0v) is 17.0. The van der Waals surface area contributed by atoms with Gasteiger partial charge >= 0.3 is 6.18 Å². The molecule has 1 fully saturated rings. The van der Waals surface area contributed by atoms with Crippen LogP contribution in [0.2, 0.25) is 5.02 Å². The fourth-order valence-corrected chi connectivity index (χ4v) is 4.38. The maximum Gasteiger partial charge on any atom is 0.419 e. The van der Waals surface area contributed by atoms with Gasteiger partial charge in [-0.2, -0.15) is 13.2 Å². The molecule has 0 aliphatic carbocycles. The van der Waals surface area contributed by atoms with Crippen molar-refractivity contribution in [2.45, 2.75) is 37.1 Å². The quantitative estimate of drug-likeness (QED) is 0.738. The van der Waals surface area contributed by atoms with Gasteiger partial charge in [0, 0.05) is 43.9 Å². The van der Waals surface area contributed by atoms with Crippen molar-refractivity contribution < 1.29 is 27.8 Å². The van der Waals surface area contributed by atoms with Crippen molar-refractivity contribution in [2.24, 2.45) is 0 Å². The summed E-state index contributed by atoms with van der Waals surface area (Å²) in [7, 11) is 0. The van der Waals surface area contributed by atoms with Gasteiger partial charge in [0.2, 0.25) is 0 Å². The molecule has 4 nitrogen and oxygen atoms in total. The Morgan fingerprint density at radius 1 is 1.17 bits per heavy atom. The molecule has 0 saturated carbocycles. The summed E-state index contributed by atoms with van der Waals surface area (Å²) in [6.07, 6.45) is -2.95. The molecule has 0 aromatic heterocycles. The zero-order valence-electron chi connectivity index (χ0n) is 16.3. The standard InChI is InChI=1S/C22H23ClF3NO3/c23-16-5-6-19-15(11-16)12-21(30-19)7-9-27(10-8-21)13-17(28)14-29-20-4-2-1-3-18(20)22(24,25)26/h1-6,11,17,28H,7-10,12-14H2/t17-/m1/s1. The molecule has 2 heterocycles. The third-order valence-electron chi connectivity index (χ3n) is 5.72. The number of para-hydroxylation sites is 1. The summed E-state index contributed by atoms with van der Waals surface area (Å²) in [5.41, 5.74) is 0.0410. The first-order valence-electron chi connectivity index (χ1n) is 9.91. The lowest BCUT2D eigenvalue weighted by molar-refractivity contribution is -0.139. The maximum atomic E-state index is 13.0. The SMILES string of the molecule is O[C@@H](COc1ccccc1C(F)(F)F)CN1CCC2(CC1)Cc1cc(Cl)ccc1O2. The van der Waals surface area contributed by atoms with E-state index in [1.807, 2.05) is 18.2 Å². The largest absolute Gasteiger partial charge is 0.490 e. The Morgan fingerprint density at radius 3 is 2.63 bits per heavy atom. The summed E-state index contributed by atoms with van der Waals surface area (Å²) < 4.78 is 50.6. The Balaban J connectivity index is 1.27. The molecular formula is C22H23ClF3NO3. The van der Waals surface area contributed by atoms with Crippen molar-refractivity contribution in [3.63, 3.8) is 0 Å². The van der Waals surface area contributed by atoms with E-state index in [0.717, 1.165) is 49.7 Å². The molecule has 162 valence electrons. The number of likely N-dealkylation sites (tertiary alicyclic amines) is 1. The number of piperidine rings is 1. The molecule has 2 aliphatic rings. The van der Waals surface area contributed by atoms with E-state index in [1.54, 1.807) is 0 Å². The molecule has 30 heavy (non-hydrogen) atoms. The van der Waals surface area contributed by atoms with E-state index in [9.17, 15) is 18.3 Å². The average molecular weight is 442 g/mol. The van der Waals surface area contributed by atoms with E-state index < -0.39 is 17.8 Å². The van der Waals surface area contributed by atoms with Crippen LogP contribution in [0, 0.1) is 0 Å². The molecule has 0 radical (unpaired) electrons. The summed E-state index contributed by atoms with van der Waals surface area (Å²) in [4.78, 5) is 2.09. The Hall–Kier alpha value is -1.96. The van der Waals surface area contributed by atoms with Crippen LogP contribution in [0.15, 0.2) is 42.5 Å². The highest BCUT2D eigenvalue weighted by molar-refractivity contribution is 6.30. The molecule has 1 saturated heterocycles. The summed E-state index contributed by atoms with van der Waals surface area (Å²) in [6, 6.07) is 10.7. The number of β-amino-alcohol motifs (C(OH)–C–C–N with tert-alkyl or cyclic N) is 1. The van der Waals surface area contributed by atoms with E-state index in [2.05, 4.69) is 4.90 Å². The molecule has 0 unspecified atom stereocenters.